The second-order valence-electron chi connectivity index (χ2n) is 5.37. The van der Waals surface area contributed by atoms with Gasteiger partial charge in [0.1, 0.15) is 0 Å². The van der Waals surface area contributed by atoms with Gasteiger partial charge in [-0.05, 0) is 24.3 Å². The number of nitrogens with one attached hydrogen (secondary N) is 1. The molecule has 0 radical (unpaired) electrons. The lowest BCUT2D eigenvalue weighted by Crippen LogP contribution is -2.28. The molecule has 0 aliphatic carbocycles. The fourth-order valence-electron chi connectivity index (χ4n) is 2.59. The molecule has 0 fully saturated rings. The van der Waals surface area contributed by atoms with E-state index >= 15 is 0 Å². The number of hydrogen-bond donors (Lipinski definition) is 2. The molecule has 20 heavy (non-hydrogen) atoms. The molecule has 3 heteroatoms. The first kappa shape index (κ1) is 17.5. The van der Waals surface area contributed by atoms with Crippen LogP contribution < -0.4 is 11.3 Å². The standard InChI is InChI=1S/C17H30N2S/c1-3-4-5-6-7-8-9-13-16(19-18)15-12-10-11-14-17(15)20-2/h10-12,14,16,19H,3-9,13,18H2,1-2H3. The molecule has 1 aromatic carbocycles. The van der Waals surface area contributed by atoms with Gasteiger partial charge in [0, 0.05) is 10.9 Å². The number of thioether (sulfide) groups is 1. The van der Waals surface area contributed by atoms with Crippen LogP contribution in [0, 0.1) is 0 Å². The molecule has 0 amide bonds. The predicted octanol–water partition coefficient (Wildman–Crippen LogP) is 5.05. The lowest BCUT2D eigenvalue weighted by Gasteiger charge is -2.19. The third kappa shape index (κ3) is 6.29. The molecule has 0 aliphatic heterocycles. The van der Waals surface area contributed by atoms with Gasteiger partial charge in [0.15, 0.2) is 0 Å². The van der Waals surface area contributed by atoms with Crippen molar-refractivity contribution in [1.82, 2.24) is 5.43 Å². The summed E-state index contributed by atoms with van der Waals surface area (Å²) in [5.74, 6) is 5.75. The third-order valence-electron chi connectivity index (χ3n) is 3.81. The molecule has 114 valence electrons. The van der Waals surface area contributed by atoms with E-state index in [1.165, 1.54) is 55.4 Å². The third-order valence-corrected chi connectivity index (χ3v) is 4.62. The second kappa shape index (κ2) is 11.2. The lowest BCUT2D eigenvalue weighted by molar-refractivity contribution is 0.471. The molecular formula is C17H30N2S. The first-order chi connectivity index (χ1) is 9.83. The minimum atomic E-state index is 0.286. The van der Waals surface area contributed by atoms with Gasteiger partial charge < -0.3 is 0 Å². The van der Waals surface area contributed by atoms with Gasteiger partial charge in [-0.25, -0.2) is 0 Å². The van der Waals surface area contributed by atoms with Crippen LogP contribution in [0.15, 0.2) is 29.2 Å². The van der Waals surface area contributed by atoms with Crippen LogP contribution in [0.3, 0.4) is 0 Å². The highest BCUT2D eigenvalue weighted by Gasteiger charge is 2.12. The quantitative estimate of drug-likeness (QED) is 0.259. The highest BCUT2D eigenvalue weighted by Crippen LogP contribution is 2.28. The van der Waals surface area contributed by atoms with Crippen LogP contribution in [0.5, 0.6) is 0 Å². The Hall–Kier alpha value is -0.510. The van der Waals surface area contributed by atoms with Crippen molar-refractivity contribution in [2.24, 2.45) is 5.84 Å². The molecule has 1 aromatic rings. The van der Waals surface area contributed by atoms with E-state index in [0.717, 1.165) is 6.42 Å². The zero-order valence-electron chi connectivity index (χ0n) is 13.0. The van der Waals surface area contributed by atoms with Gasteiger partial charge in [0.25, 0.3) is 0 Å². The predicted molar refractivity (Wildman–Crippen MR) is 90.9 cm³/mol. The molecule has 0 aromatic heterocycles. The van der Waals surface area contributed by atoms with Crippen LogP contribution in [-0.2, 0) is 0 Å². The van der Waals surface area contributed by atoms with Crippen molar-refractivity contribution in [1.29, 1.82) is 0 Å². The van der Waals surface area contributed by atoms with Crippen LogP contribution in [-0.4, -0.2) is 6.26 Å². The van der Waals surface area contributed by atoms with E-state index in [1.54, 1.807) is 11.8 Å². The van der Waals surface area contributed by atoms with E-state index < -0.39 is 0 Å². The van der Waals surface area contributed by atoms with Crippen molar-refractivity contribution < 1.29 is 0 Å². The molecule has 3 N–H and O–H groups in total. The highest BCUT2D eigenvalue weighted by atomic mass is 32.2. The van der Waals surface area contributed by atoms with Crippen molar-refractivity contribution in [3.63, 3.8) is 0 Å². The molecule has 2 nitrogen and oxygen atoms in total. The molecule has 0 aliphatic rings. The zero-order valence-corrected chi connectivity index (χ0v) is 13.8. The molecular weight excluding hydrogens is 264 g/mol. The molecule has 0 heterocycles. The van der Waals surface area contributed by atoms with Gasteiger partial charge in [-0.2, -0.15) is 0 Å². The van der Waals surface area contributed by atoms with Crippen LogP contribution in [0.1, 0.15) is 69.9 Å². The van der Waals surface area contributed by atoms with E-state index in [9.17, 15) is 0 Å². The van der Waals surface area contributed by atoms with Gasteiger partial charge in [-0.1, -0.05) is 70.1 Å². The lowest BCUT2D eigenvalue weighted by atomic mass is 10.00. The summed E-state index contributed by atoms with van der Waals surface area (Å²) in [5, 5.41) is 0. The molecule has 0 saturated heterocycles. The summed E-state index contributed by atoms with van der Waals surface area (Å²) in [6.45, 7) is 2.26. The Bertz CT molecular complexity index is 355. The fourth-order valence-corrected chi connectivity index (χ4v) is 3.25. The average molecular weight is 295 g/mol. The van der Waals surface area contributed by atoms with Crippen LogP contribution >= 0.6 is 11.8 Å². The molecule has 1 rings (SSSR count). The van der Waals surface area contributed by atoms with Crippen LogP contribution in [0.25, 0.3) is 0 Å². The Morgan fingerprint density at radius 2 is 1.70 bits per heavy atom. The maximum absolute atomic E-state index is 5.75. The van der Waals surface area contributed by atoms with E-state index in [-0.39, 0.29) is 6.04 Å². The van der Waals surface area contributed by atoms with E-state index in [0.29, 0.717) is 0 Å². The van der Waals surface area contributed by atoms with Crippen LogP contribution in [0.2, 0.25) is 0 Å². The Labute approximate surface area is 128 Å². The molecule has 0 saturated carbocycles. The number of rotatable bonds is 11. The normalized spacial score (nSPS) is 12.6. The zero-order chi connectivity index (χ0) is 14.6. The summed E-state index contributed by atoms with van der Waals surface area (Å²) in [7, 11) is 0. The van der Waals surface area contributed by atoms with Crippen molar-refractivity contribution in [3.05, 3.63) is 29.8 Å². The Morgan fingerprint density at radius 3 is 2.35 bits per heavy atom. The van der Waals surface area contributed by atoms with Gasteiger partial charge >= 0.3 is 0 Å². The summed E-state index contributed by atoms with van der Waals surface area (Å²) in [6.07, 6.45) is 12.7. The summed E-state index contributed by atoms with van der Waals surface area (Å²) in [5.41, 5.74) is 4.33. The molecule has 1 atom stereocenters. The average Bonchev–Trinajstić information content (AvgIpc) is 2.50. The van der Waals surface area contributed by atoms with Crippen molar-refractivity contribution in [2.75, 3.05) is 6.26 Å². The van der Waals surface area contributed by atoms with Crippen molar-refractivity contribution in [3.8, 4) is 0 Å². The topological polar surface area (TPSA) is 38.0 Å². The maximum Gasteiger partial charge on any atom is 0.0471 e. The van der Waals surface area contributed by atoms with Crippen LogP contribution in [0.4, 0.5) is 0 Å². The summed E-state index contributed by atoms with van der Waals surface area (Å²) >= 11 is 1.80. The largest absolute Gasteiger partial charge is 0.271 e. The smallest absolute Gasteiger partial charge is 0.0471 e. The minimum absolute atomic E-state index is 0.286. The summed E-state index contributed by atoms with van der Waals surface area (Å²) < 4.78 is 0. The second-order valence-corrected chi connectivity index (χ2v) is 6.22. The number of hydrogen-bond acceptors (Lipinski definition) is 3. The van der Waals surface area contributed by atoms with Gasteiger partial charge in [-0.15, -0.1) is 11.8 Å². The number of benzene rings is 1. The van der Waals surface area contributed by atoms with Gasteiger partial charge in [-0.3, -0.25) is 11.3 Å². The maximum atomic E-state index is 5.75. The fraction of sp³-hybridized carbons (Fsp3) is 0.647. The van der Waals surface area contributed by atoms with E-state index in [4.69, 9.17) is 5.84 Å². The summed E-state index contributed by atoms with van der Waals surface area (Å²) in [6, 6.07) is 8.85. The van der Waals surface area contributed by atoms with E-state index in [1.807, 2.05) is 0 Å². The minimum Gasteiger partial charge on any atom is -0.271 e. The Kier molecular flexibility index (Phi) is 9.81. The first-order valence-corrected chi connectivity index (χ1v) is 9.15. The SMILES string of the molecule is CCCCCCCCCC(NN)c1ccccc1SC. The highest BCUT2D eigenvalue weighted by molar-refractivity contribution is 7.98. The Morgan fingerprint density at radius 1 is 1.05 bits per heavy atom. The summed E-state index contributed by atoms with van der Waals surface area (Å²) in [4.78, 5) is 1.33. The number of nitrogens with two attached hydrogens (primary N) is 1. The monoisotopic (exact) mass is 294 g/mol. The number of hydrazine groups is 1. The van der Waals surface area contributed by atoms with Gasteiger partial charge in [0.05, 0.1) is 0 Å². The Balaban J connectivity index is 2.32. The number of unbranched alkanes of at least 4 members (excludes halogenated alkanes) is 6. The van der Waals surface area contributed by atoms with Crippen molar-refractivity contribution >= 4 is 11.8 Å². The first-order valence-electron chi connectivity index (χ1n) is 7.92. The molecule has 1 unspecified atom stereocenters. The van der Waals surface area contributed by atoms with Gasteiger partial charge in [0.2, 0.25) is 0 Å². The van der Waals surface area contributed by atoms with Crippen molar-refractivity contribution in [2.45, 2.75) is 69.2 Å². The molecule has 0 spiro atoms. The van der Waals surface area contributed by atoms with E-state index in [2.05, 4.69) is 42.9 Å². The molecule has 0 bridgehead atoms.